The zero-order valence-corrected chi connectivity index (χ0v) is 18.9. The van der Waals surface area contributed by atoms with Gasteiger partial charge in [0.1, 0.15) is 18.5 Å². The molecule has 3 rings (SSSR count). The average molecular weight is 426 g/mol. The third-order valence-corrected chi connectivity index (χ3v) is 5.80. The van der Waals surface area contributed by atoms with Gasteiger partial charge in [-0.05, 0) is 48.4 Å². The van der Waals surface area contributed by atoms with E-state index in [4.69, 9.17) is 4.74 Å². The fraction of sp³-hybridized carbons (Fsp3) is 0.480. The lowest BCUT2D eigenvalue weighted by atomic mass is 10.1. The normalized spacial score (nSPS) is 12.4. The van der Waals surface area contributed by atoms with Crippen LogP contribution in [0.4, 0.5) is 0 Å². The highest BCUT2D eigenvalue weighted by atomic mass is 16.5. The van der Waals surface area contributed by atoms with Crippen LogP contribution in [0.15, 0.2) is 47.3 Å². The Morgan fingerprint density at radius 1 is 0.968 bits per heavy atom. The minimum atomic E-state index is -0.770. The molecule has 0 spiro atoms. The predicted molar refractivity (Wildman–Crippen MR) is 126 cm³/mol. The van der Waals surface area contributed by atoms with E-state index in [0.29, 0.717) is 0 Å². The van der Waals surface area contributed by atoms with E-state index in [9.17, 15) is 9.90 Å². The second-order valence-corrected chi connectivity index (χ2v) is 8.21. The van der Waals surface area contributed by atoms with E-state index in [0.717, 1.165) is 35.4 Å². The van der Waals surface area contributed by atoms with Crippen molar-refractivity contribution in [3.8, 4) is 5.75 Å². The fourth-order valence-corrected chi connectivity index (χ4v) is 3.79. The molecular formula is C25H35N3O3. The lowest BCUT2D eigenvalue weighted by Gasteiger charge is -2.14. The Morgan fingerprint density at radius 3 is 2.42 bits per heavy atom. The highest BCUT2D eigenvalue weighted by Crippen LogP contribution is 2.21. The molecule has 1 aromatic heterocycles. The molecule has 168 valence electrons. The van der Waals surface area contributed by atoms with Gasteiger partial charge < -0.3 is 15.2 Å². The number of hydrogen-bond donors (Lipinski definition) is 2. The number of hydrogen-bond acceptors (Lipinski definition) is 4. The largest absolute Gasteiger partial charge is 0.491 e. The molecule has 1 atom stereocenters. The topological polar surface area (TPSA) is 68.4 Å². The molecule has 1 heterocycles. The summed E-state index contributed by atoms with van der Waals surface area (Å²) in [6, 6.07) is 13.5. The molecule has 0 saturated carbocycles. The molecule has 31 heavy (non-hydrogen) atoms. The summed E-state index contributed by atoms with van der Waals surface area (Å²) in [4.78, 5) is 12.1. The van der Waals surface area contributed by atoms with Crippen LogP contribution in [-0.2, 0) is 20.6 Å². The summed E-state index contributed by atoms with van der Waals surface area (Å²) in [6.45, 7) is 4.29. The molecule has 0 unspecified atom stereocenters. The van der Waals surface area contributed by atoms with Crippen molar-refractivity contribution in [3.05, 3.63) is 64.1 Å². The molecule has 6 nitrogen and oxygen atoms in total. The van der Waals surface area contributed by atoms with Crippen molar-refractivity contribution in [2.75, 3.05) is 13.2 Å². The summed E-state index contributed by atoms with van der Waals surface area (Å²) >= 11 is 0. The van der Waals surface area contributed by atoms with Gasteiger partial charge in [0.25, 0.3) is 0 Å². The van der Waals surface area contributed by atoms with Crippen LogP contribution >= 0.6 is 0 Å². The number of nitrogens with zero attached hydrogens (tertiary/aromatic N) is 2. The van der Waals surface area contributed by atoms with Gasteiger partial charge in [0.05, 0.1) is 11.0 Å². The summed E-state index contributed by atoms with van der Waals surface area (Å²) in [7, 11) is 3.48. The van der Waals surface area contributed by atoms with E-state index in [1.165, 1.54) is 37.7 Å². The molecule has 6 heteroatoms. The van der Waals surface area contributed by atoms with Crippen molar-refractivity contribution in [2.24, 2.45) is 14.1 Å². The van der Waals surface area contributed by atoms with Crippen molar-refractivity contribution >= 4 is 11.0 Å². The first-order valence-electron chi connectivity index (χ1n) is 11.3. The van der Waals surface area contributed by atoms with Gasteiger partial charge in [-0.15, -0.1) is 0 Å². The molecule has 0 saturated heterocycles. The smallest absolute Gasteiger partial charge is 0.328 e. The van der Waals surface area contributed by atoms with Crippen LogP contribution < -0.4 is 15.7 Å². The van der Waals surface area contributed by atoms with Gasteiger partial charge in [0, 0.05) is 20.6 Å². The van der Waals surface area contributed by atoms with Gasteiger partial charge in [-0.2, -0.15) is 0 Å². The zero-order valence-electron chi connectivity index (χ0n) is 18.9. The quantitative estimate of drug-likeness (QED) is 0.430. The summed E-state index contributed by atoms with van der Waals surface area (Å²) in [6.07, 6.45) is 5.69. The number of aryl methyl sites for hydroxylation is 2. The van der Waals surface area contributed by atoms with Crippen molar-refractivity contribution < 1.29 is 9.84 Å². The van der Waals surface area contributed by atoms with Crippen LogP contribution in [0.3, 0.4) is 0 Å². The van der Waals surface area contributed by atoms with E-state index in [1.807, 2.05) is 30.3 Å². The van der Waals surface area contributed by atoms with Gasteiger partial charge >= 0.3 is 5.69 Å². The number of imidazole rings is 1. The van der Waals surface area contributed by atoms with Crippen molar-refractivity contribution in [1.82, 2.24) is 14.5 Å². The molecule has 0 fully saturated rings. The van der Waals surface area contributed by atoms with Crippen molar-refractivity contribution in [1.29, 1.82) is 0 Å². The standard InChI is InChI=1S/C25H35N3O3/c1-4-5-6-7-8-15-26-17-19-9-12-21(13-10-19)31-18-24(29)20-11-14-22-23(16-20)28(3)25(30)27(22)2/h9-14,16,24,26,29H,4-8,15,17-18H2,1-3H3/t24-/m1/s1. The van der Waals surface area contributed by atoms with Gasteiger partial charge in [0.2, 0.25) is 0 Å². The molecule has 0 bridgehead atoms. The number of ether oxygens (including phenoxy) is 1. The molecule has 0 radical (unpaired) electrons. The SMILES string of the molecule is CCCCCCCNCc1ccc(OC[C@@H](O)c2ccc3c(c2)n(C)c(=O)n3C)cc1. The lowest BCUT2D eigenvalue weighted by Crippen LogP contribution is -2.19. The van der Waals surface area contributed by atoms with E-state index < -0.39 is 6.10 Å². The monoisotopic (exact) mass is 425 g/mol. The second kappa shape index (κ2) is 11.2. The maximum Gasteiger partial charge on any atom is 0.328 e. The number of aliphatic hydroxyl groups excluding tert-OH is 1. The Kier molecular flexibility index (Phi) is 8.32. The zero-order chi connectivity index (χ0) is 22.2. The Morgan fingerprint density at radius 2 is 1.68 bits per heavy atom. The van der Waals surface area contributed by atoms with E-state index in [-0.39, 0.29) is 12.3 Å². The molecule has 3 aromatic rings. The Labute approximate surface area is 184 Å². The minimum absolute atomic E-state index is 0.0797. The first-order valence-corrected chi connectivity index (χ1v) is 11.3. The van der Waals surface area contributed by atoms with E-state index >= 15 is 0 Å². The van der Waals surface area contributed by atoms with Crippen LogP contribution in [0.2, 0.25) is 0 Å². The average Bonchev–Trinajstić information content (AvgIpc) is 3.01. The summed E-state index contributed by atoms with van der Waals surface area (Å²) in [5.74, 6) is 0.732. The predicted octanol–water partition coefficient (Wildman–Crippen LogP) is 4.05. The molecule has 0 aliphatic carbocycles. The first-order chi connectivity index (χ1) is 15.0. The van der Waals surface area contributed by atoms with Crippen LogP contribution in [0, 0.1) is 0 Å². The van der Waals surface area contributed by atoms with Crippen molar-refractivity contribution in [2.45, 2.75) is 51.7 Å². The maximum atomic E-state index is 12.1. The lowest BCUT2D eigenvalue weighted by molar-refractivity contribution is 0.108. The van der Waals surface area contributed by atoms with Gasteiger partial charge in [-0.1, -0.05) is 50.8 Å². The number of unbranched alkanes of at least 4 members (excludes halogenated alkanes) is 4. The number of nitrogens with one attached hydrogen (secondary N) is 1. The maximum absolute atomic E-state index is 12.1. The Balaban J connectivity index is 1.47. The van der Waals surface area contributed by atoms with Crippen LogP contribution in [0.1, 0.15) is 56.3 Å². The molecule has 0 aliphatic rings. The summed E-state index contributed by atoms with van der Waals surface area (Å²) in [5, 5.41) is 14.0. The molecular weight excluding hydrogens is 390 g/mol. The van der Waals surface area contributed by atoms with Gasteiger partial charge in [0.15, 0.2) is 0 Å². The number of rotatable bonds is 12. The molecule has 0 amide bonds. The van der Waals surface area contributed by atoms with Gasteiger partial charge in [-0.3, -0.25) is 9.13 Å². The van der Waals surface area contributed by atoms with Gasteiger partial charge in [-0.25, -0.2) is 4.79 Å². The summed E-state index contributed by atoms with van der Waals surface area (Å²) < 4.78 is 8.97. The number of aromatic nitrogens is 2. The Hall–Kier alpha value is -2.57. The minimum Gasteiger partial charge on any atom is -0.491 e. The Bertz CT molecular complexity index is 1020. The molecule has 2 N–H and O–H groups in total. The fourth-order valence-electron chi connectivity index (χ4n) is 3.79. The highest BCUT2D eigenvalue weighted by Gasteiger charge is 2.13. The second-order valence-electron chi connectivity index (χ2n) is 8.21. The molecule has 2 aromatic carbocycles. The van der Waals surface area contributed by atoms with Crippen LogP contribution in [-0.4, -0.2) is 27.4 Å². The molecule has 0 aliphatic heterocycles. The number of aliphatic hydroxyl groups is 1. The van der Waals surface area contributed by atoms with Crippen LogP contribution in [0.5, 0.6) is 5.75 Å². The van der Waals surface area contributed by atoms with Crippen molar-refractivity contribution in [3.63, 3.8) is 0 Å². The number of benzene rings is 2. The third kappa shape index (κ3) is 5.99. The number of fused-ring (bicyclic) bond motifs is 1. The highest BCUT2D eigenvalue weighted by molar-refractivity contribution is 5.76. The first kappa shape index (κ1) is 23.1. The van der Waals surface area contributed by atoms with Crippen LogP contribution in [0.25, 0.3) is 11.0 Å². The van der Waals surface area contributed by atoms with E-state index in [2.05, 4.69) is 24.4 Å². The third-order valence-electron chi connectivity index (χ3n) is 5.80. The van der Waals surface area contributed by atoms with E-state index in [1.54, 1.807) is 23.2 Å². The summed E-state index contributed by atoms with van der Waals surface area (Å²) in [5.41, 5.74) is 3.51.